The van der Waals surface area contributed by atoms with Crippen molar-refractivity contribution in [2.45, 2.75) is 47.0 Å². The van der Waals surface area contributed by atoms with Gasteiger partial charge in [0.25, 0.3) is 0 Å². The molecule has 15 heavy (non-hydrogen) atoms. The lowest BCUT2D eigenvalue weighted by molar-refractivity contribution is 0.387. The summed E-state index contributed by atoms with van der Waals surface area (Å²) in [5, 5.41) is 0. The van der Waals surface area contributed by atoms with E-state index in [1.165, 1.54) is 19.3 Å². The van der Waals surface area contributed by atoms with Crippen molar-refractivity contribution < 1.29 is 0 Å². The maximum Gasteiger partial charge on any atom is -0.0103 e. The van der Waals surface area contributed by atoms with Crippen molar-refractivity contribution in [1.29, 1.82) is 0 Å². The molecular formula is C15H24. The summed E-state index contributed by atoms with van der Waals surface area (Å²) in [5.41, 5.74) is 3.41. The van der Waals surface area contributed by atoms with Crippen LogP contribution in [0.2, 0.25) is 0 Å². The van der Waals surface area contributed by atoms with Crippen molar-refractivity contribution in [3.05, 3.63) is 23.3 Å². The number of rotatable bonds is 1. The van der Waals surface area contributed by atoms with Crippen LogP contribution in [0.15, 0.2) is 23.3 Å². The predicted molar refractivity (Wildman–Crippen MR) is 66.7 cm³/mol. The Kier molecular flexibility index (Phi) is 3.04. The van der Waals surface area contributed by atoms with Gasteiger partial charge in [0.05, 0.1) is 0 Å². The molecule has 0 heteroatoms. The van der Waals surface area contributed by atoms with Crippen molar-refractivity contribution >= 4 is 0 Å². The Labute approximate surface area is 94.5 Å². The van der Waals surface area contributed by atoms with Gasteiger partial charge in [-0.3, -0.25) is 0 Å². The van der Waals surface area contributed by atoms with Crippen LogP contribution in [0.5, 0.6) is 0 Å². The smallest absolute Gasteiger partial charge is 0.0103 e. The molecule has 0 aromatic heterocycles. The zero-order valence-electron chi connectivity index (χ0n) is 10.6. The lowest BCUT2D eigenvalue weighted by Crippen LogP contribution is -2.10. The molecule has 0 N–H and O–H groups in total. The summed E-state index contributed by atoms with van der Waals surface area (Å²) < 4.78 is 0. The minimum Gasteiger partial charge on any atom is -0.0845 e. The van der Waals surface area contributed by atoms with E-state index in [2.05, 4.69) is 39.8 Å². The summed E-state index contributed by atoms with van der Waals surface area (Å²) in [6.45, 7) is 9.45. The molecule has 3 atom stereocenters. The third kappa shape index (κ3) is 2.19. The van der Waals surface area contributed by atoms with Crippen molar-refractivity contribution in [3.63, 3.8) is 0 Å². The molecule has 0 fully saturated rings. The molecule has 0 amide bonds. The van der Waals surface area contributed by atoms with E-state index in [0.717, 1.165) is 23.7 Å². The first-order valence-electron chi connectivity index (χ1n) is 6.47. The molecule has 0 bridgehead atoms. The van der Waals surface area contributed by atoms with Crippen LogP contribution in [-0.2, 0) is 0 Å². The van der Waals surface area contributed by atoms with Gasteiger partial charge in [-0.25, -0.2) is 0 Å². The predicted octanol–water partition coefficient (Wildman–Crippen LogP) is 4.58. The van der Waals surface area contributed by atoms with Crippen LogP contribution >= 0.6 is 0 Å². The normalized spacial score (nSPS) is 35.9. The fraction of sp³-hybridized carbons (Fsp3) is 0.733. The van der Waals surface area contributed by atoms with Gasteiger partial charge in [0, 0.05) is 0 Å². The third-order valence-electron chi connectivity index (χ3n) is 4.19. The monoisotopic (exact) mass is 204 g/mol. The molecule has 0 aliphatic heterocycles. The first kappa shape index (κ1) is 11.0. The Morgan fingerprint density at radius 2 is 2.00 bits per heavy atom. The lowest BCUT2D eigenvalue weighted by Gasteiger charge is -2.19. The van der Waals surface area contributed by atoms with Crippen LogP contribution in [0, 0.1) is 23.7 Å². The Hall–Kier alpha value is -0.520. The summed E-state index contributed by atoms with van der Waals surface area (Å²) in [6, 6.07) is 0. The van der Waals surface area contributed by atoms with Crippen molar-refractivity contribution in [2.24, 2.45) is 23.7 Å². The molecule has 0 radical (unpaired) electrons. The first-order chi connectivity index (χ1) is 7.08. The first-order valence-corrected chi connectivity index (χ1v) is 6.47. The SMILES string of the molecule is CC(C)C1=CC[C@@H](C)[C@H]2C[C@H](C)C=C2C1. The van der Waals surface area contributed by atoms with E-state index in [9.17, 15) is 0 Å². The quantitative estimate of drug-likeness (QED) is 0.548. The van der Waals surface area contributed by atoms with E-state index < -0.39 is 0 Å². The molecule has 0 aromatic carbocycles. The van der Waals surface area contributed by atoms with Gasteiger partial charge in [-0.05, 0) is 42.9 Å². The number of hydrogen-bond donors (Lipinski definition) is 0. The van der Waals surface area contributed by atoms with E-state index in [0.29, 0.717) is 0 Å². The van der Waals surface area contributed by atoms with Crippen molar-refractivity contribution in [3.8, 4) is 0 Å². The van der Waals surface area contributed by atoms with E-state index in [4.69, 9.17) is 0 Å². The second kappa shape index (κ2) is 4.15. The molecule has 0 heterocycles. The second-order valence-corrected chi connectivity index (χ2v) is 5.88. The molecule has 2 aliphatic rings. The zero-order chi connectivity index (χ0) is 11.0. The highest BCUT2D eigenvalue weighted by Crippen LogP contribution is 2.43. The van der Waals surface area contributed by atoms with Gasteiger partial charge in [0.15, 0.2) is 0 Å². The fourth-order valence-electron chi connectivity index (χ4n) is 3.15. The third-order valence-corrected chi connectivity index (χ3v) is 4.19. The molecule has 0 saturated heterocycles. The molecule has 0 unspecified atom stereocenters. The summed E-state index contributed by atoms with van der Waals surface area (Å²) in [6.07, 6.45) is 9.01. The van der Waals surface area contributed by atoms with Crippen LogP contribution in [-0.4, -0.2) is 0 Å². The van der Waals surface area contributed by atoms with Gasteiger partial charge in [0.1, 0.15) is 0 Å². The lowest BCUT2D eigenvalue weighted by atomic mass is 9.85. The van der Waals surface area contributed by atoms with Gasteiger partial charge in [-0.2, -0.15) is 0 Å². The molecule has 0 saturated carbocycles. The number of allylic oxidation sites excluding steroid dienone is 4. The Morgan fingerprint density at radius 3 is 2.67 bits per heavy atom. The minimum atomic E-state index is 0.729. The van der Waals surface area contributed by atoms with Crippen LogP contribution in [0.1, 0.15) is 47.0 Å². The molecule has 0 spiro atoms. The number of fused-ring (bicyclic) bond motifs is 1. The largest absolute Gasteiger partial charge is 0.0845 e. The van der Waals surface area contributed by atoms with Crippen molar-refractivity contribution in [1.82, 2.24) is 0 Å². The summed E-state index contributed by atoms with van der Waals surface area (Å²) in [4.78, 5) is 0. The van der Waals surface area contributed by atoms with Gasteiger partial charge >= 0.3 is 0 Å². The van der Waals surface area contributed by atoms with E-state index in [-0.39, 0.29) is 0 Å². The molecule has 0 nitrogen and oxygen atoms in total. The zero-order valence-corrected chi connectivity index (χ0v) is 10.6. The molecule has 84 valence electrons. The maximum atomic E-state index is 2.54. The van der Waals surface area contributed by atoms with Gasteiger partial charge < -0.3 is 0 Å². The minimum absolute atomic E-state index is 0.729. The Morgan fingerprint density at radius 1 is 1.27 bits per heavy atom. The standard InChI is InChI=1S/C15H24/c1-10(2)13-6-5-12(4)15-8-11(3)7-14(15)9-13/h6-7,10-12,15H,5,8-9H2,1-4H3/t11-,12-,15-/m1/s1. The Bertz CT molecular complexity index is 293. The average molecular weight is 204 g/mol. The van der Waals surface area contributed by atoms with Crippen LogP contribution < -0.4 is 0 Å². The summed E-state index contributed by atoms with van der Waals surface area (Å²) >= 11 is 0. The molecule has 0 aromatic rings. The topological polar surface area (TPSA) is 0 Å². The van der Waals surface area contributed by atoms with Crippen LogP contribution in [0.4, 0.5) is 0 Å². The van der Waals surface area contributed by atoms with E-state index >= 15 is 0 Å². The fourth-order valence-corrected chi connectivity index (χ4v) is 3.15. The van der Waals surface area contributed by atoms with Crippen LogP contribution in [0.3, 0.4) is 0 Å². The van der Waals surface area contributed by atoms with Gasteiger partial charge in [-0.1, -0.05) is 51.0 Å². The summed E-state index contributed by atoms with van der Waals surface area (Å²) in [5.74, 6) is 3.29. The second-order valence-electron chi connectivity index (χ2n) is 5.88. The highest BCUT2D eigenvalue weighted by Gasteiger charge is 2.30. The van der Waals surface area contributed by atoms with Crippen LogP contribution in [0.25, 0.3) is 0 Å². The number of hydrogen-bond acceptors (Lipinski definition) is 0. The molecule has 2 rings (SSSR count). The van der Waals surface area contributed by atoms with Gasteiger partial charge in [-0.15, -0.1) is 0 Å². The van der Waals surface area contributed by atoms with E-state index in [1.54, 1.807) is 11.1 Å². The van der Waals surface area contributed by atoms with Gasteiger partial charge in [0.2, 0.25) is 0 Å². The highest BCUT2D eigenvalue weighted by molar-refractivity contribution is 5.26. The summed E-state index contributed by atoms with van der Waals surface area (Å²) in [7, 11) is 0. The molecular weight excluding hydrogens is 180 g/mol. The van der Waals surface area contributed by atoms with E-state index in [1.807, 2.05) is 0 Å². The van der Waals surface area contributed by atoms with Crippen molar-refractivity contribution in [2.75, 3.05) is 0 Å². The molecule has 2 aliphatic carbocycles. The Balaban J connectivity index is 2.21. The maximum absolute atomic E-state index is 2.54. The highest BCUT2D eigenvalue weighted by atomic mass is 14.4. The average Bonchev–Trinajstić information content (AvgIpc) is 2.46.